The lowest BCUT2D eigenvalue weighted by atomic mass is 10.00. The highest BCUT2D eigenvalue weighted by Crippen LogP contribution is 2.40. The summed E-state index contributed by atoms with van der Waals surface area (Å²) in [6.45, 7) is 5.62. The molecule has 9 heterocycles. The van der Waals surface area contributed by atoms with E-state index in [1.807, 2.05) is 54.5 Å². The number of likely N-dealkylation sites (N-methyl/N-ethyl adjacent to an activating group) is 1. The second-order valence-corrected chi connectivity index (χ2v) is 31.0. The maximum Gasteiger partial charge on any atom is 0.434 e. The first-order valence-electron chi connectivity index (χ1n) is 39.4. The van der Waals surface area contributed by atoms with Gasteiger partial charge in [-0.15, -0.1) is 0 Å². The van der Waals surface area contributed by atoms with E-state index in [-0.39, 0.29) is 49.2 Å². The van der Waals surface area contributed by atoms with Crippen LogP contribution in [0.1, 0.15) is 91.8 Å². The quantitative estimate of drug-likeness (QED) is 0.0186. The van der Waals surface area contributed by atoms with E-state index in [0.717, 1.165) is 95.5 Å². The number of anilines is 1. The molecule has 29 nitrogen and oxygen atoms in total. The predicted molar refractivity (Wildman–Crippen MR) is 462 cm³/mol. The van der Waals surface area contributed by atoms with Gasteiger partial charge in [-0.1, -0.05) is 72.8 Å². The first-order chi connectivity index (χ1) is 62.8. The molecule has 1 fully saturated rings. The van der Waals surface area contributed by atoms with Crippen LogP contribution in [-0.2, 0) is 41.0 Å². The summed E-state index contributed by atoms with van der Waals surface area (Å²) in [7, 11) is 3.72. The molecule has 8 N–H and O–H groups in total. The number of para-hydroxylation sites is 4. The van der Waals surface area contributed by atoms with Crippen LogP contribution < -0.4 is 36.7 Å². The van der Waals surface area contributed by atoms with E-state index in [1.165, 1.54) is 83.8 Å². The van der Waals surface area contributed by atoms with Crippen LogP contribution >= 0.6 is 35.3 Å². The number of methoxy groups -OCH3 is 1. The third-order valence-electron chi connectivity index (χ3n) is 18.7. The number of furan rings is 2. The molecule has 2 aliphatic rings. The van der Waals surface area contributed by atoms with Gasteiger partial charge in [0.15, 0.2) is 28.8 Å². The summed E-state index contributed by atoms with van der Waals surface area (Å²) in [5.74, 6) is -0.225. The fourth-order valence-corrected chi connectivity index (χ4v) is 14.2. The molecule has 0 bridgehead atoms. The largest absolute Gasteiger partial charge is 0.497 e. The monoisotopic (exact) mass is 1910 g/mol. The summed E-state index contributed by atoms with van der Waals surface area (Å²) in [4.78, 5) is 75.5. The summed E-state index contributed by atoms with van der Waals surface area (Å²) in [5.41, 5.74) is 1.58. The number of amides is 6. The molecule has 0 radical (unpaired) electrons. The minimum Gasteiger partial charge on any atom is -0.497 e. The van der Waals surface area contributed by atoms with Gasteiger partial charge < -0.3 is 55.5 Å². The van der Waals surface area contributed by atoms with Gasteiger partial charge >= 0.3 is 30.9 Å². The van der Waals surface area contributed by atoms with Crippen LogP contribution in [-0.4, -0.2) is 215 Å². The zero-order chi connectivity index (χ0) is 95.9. The van der Waals surface area contributed by atoms with E-state index in [4.69, 9.17) is 24.4 Å². The number of rotatable bonds is 27. The van der Waals surface area contributed by atoms with Gasteiger partial charge in [0.05, 0.1) is 131 Å². The lowest BCUT2D eigenvalue weighted by Crippen LogP contribution is -2.50. The number of hydrogen-bond acceptors (Lipinski definition) is 21. The lowest BCUT2D eigenvalue weighted by Gasteiger charge is -2.32. The van der Waals surface area contributed by atoms with Crippen molar-refractivity contribution >= 4 is 82.6 Å². The molecule has 2 aliphatic heterocycles. The van der Waals surface area contributed by atoms with Crippen molar-refractivity contribution in [2.24, 2.45) is 16.8 Å². The molecule has 14 rings (SSSR count). The first kappa shape index (κ1) is 102. The zero-order valence-electron chi connectivity index (χ0n) is 70.2. The number of H-pyrrole nitrogens is 1. The SMILES string of the molecule is COc1ccc(-n2ncc(C(=O)N3CCN(C)CC3)c2C)cc1.CSCCNC(=O)c1cnn(-c2ccccc2)c1C(F)(F)F.NC(=O)c1cnn(-c2ccccc2)c1C(F)(F)F.O=C(NCCO)c1cnn(-c2ccccc2)c1C(F)(F)F.O=C(NCCSCc1ccco1)C1C=NN(c2ccccc2)C1C(F)(F)F.O=C(NCCSCc1ccco1)c1cn[nH]c1C(F)(F)F. The van der Waals surface area contributed by atoms with Crippen LogP contribution in [0.25, 0.3) is 22.7 Å². The van der Waals surface area contributed by atoms with Gasteiger partial charge in [-0.05, 0) is 117 Å². The Morgan fingerprint density at radius 1 is 0.492 bits per heavy atom. The first-order valence-corrected chi connectivity index (χ1v) is 43.1. The third-order valence-corrected chi connectivity index (χ3v) is 21.3. The van der Waals surface area contributed by atoms with Gasteiger partial charge in [0, 0.05) is 75.8 Å². The Morgan fingerprint density at radius 2 is 0.902 bits per heavy atom. The normalized spacial score (nSPS) is 13.8. The van der Waals surface area contributed by atoms with Crippen molar-refractivity contribution in [2.45, 2.75) is 55.4 Å². The third kappa shape index (κ3) is 28.9. The average molecular weight is 1910 g/mol. The van der Waals surface area contributed by atoms with Crippen molar-refractivity contribution in [1.29, 1.82) is 0 Å². The number of nitrogens with zero attached hydrogens (tertiary/aromatic N) is 13. The minimum atomic E-state index is -4.74. The summed E-state index contributed by atoms with van der Waals surface area (Å²) in [6.07, 6.45) is -12.1. The standard InChI is InChI=1S/C18H18F3N3O2S.C17H22N4O2.C14H14F3N3OS.C13H12F3N3O2.C12H12F3N3O2S.C11H8F3N3O/c19-18(20,21)16-15(11-23-24(16)13-5-2-1-3-6-13)17(25)22-8-10-27-12-14-7-4-9-26-14;1-13-16(17(22)20-10-8-19(2)9-11-20)12-18-21(13)14-4-6-15(23-3)7-5-14;1-22-8-7-18-13(21)11-9-19-20(12(11)14(15,16)17)10-5-3-2-4-6-10;14-13(15,16)11-10(12(21)17-6-7-20)8-18-19(11)9-4-2-1-3-5-9;13-12(14,15)10-9(6-17-18-10)11(19)16-3-5-21-7-8-2-1-4-20-8;12-11(13,14)9-8(10(15)18)6-16-17(9)7-4-2-1-3-5-7/h1-7,9,11,15-16H,8,10,12H2,(H,22,25);4-7,12H,8-11H2,1-3H3;2-6,9H,7-8H2,1H3,(H,18,21);1-5,8,20H,6-7H2,(H,17,21);1-2,4,6H,3,5,7H2,(H,16,19)(H,17,18);1-6H,(H2,15,18). The summed E-state index contributed by atoms with van der Waals surface area (Å²) in [5, 5.41) is 43.4. The number of piperazine rings is 1. The van der Waals surface area contributed by atoms with Gasteiger partial charge in [0.2, 0.25) is 5.91 Å². The van der Waals surface area contributed by atoms with Crippen LogP contribution in [0.15, 0.2) is 227 Å². The number of carbonyl (C=O) groups excluding carboxylic acids is 6. The number of nitrogens with two attached hydrogens (primary N) is 1. The van der Waals surface area contributed by atoms with Crippen LogP contribution in [0, 0.1) is 12.8 Å². The molecule has 0 saturated carbocycles. The number of aromatic nitrogens is 10. The number of alkyl halides is 15. The number of primary amides is 1. The highest BCUT2D eigenvalue weighted by molar-refractivity contribution is 7.99. The molecular formula is C85H86F15N19O10S3. The number of halogens is 15. The van der Waals surface area contributed by atoms with Crippen LogP contribution in [0.2, 0.25) is 0 Å². The van der Waals surface area contributed by atoms with Gasteiger partial charge in [0.1, 0.15) is 23.2 Å². The van der Waals surface area contributed by atoms with E-state index in [2.05, 4.69) is 63.8 Å². The van der Waals surface area contributed by atoms with E-state index >= 15 is 0 Å². The summed E-state index contributed by atoms with van der Waals surface area (Å²) >= 11 is 4.52. The van der Waals surface area contributed by atoms with Crippen LogP contribution in [0.3, 0.4) is 0 Å². The Labute approximate surface area is 756 Å². The van der Waals surface area contributed by atoms with Crippen molar-refractivity contribution in [1.82, 2.24) is 80.4 Å². The smallest absolute Gasteiger partial charge is 0.434 e. The van der Waals surface area contributed by atoms with E-state index in [0.29, 0.717) is 55.9 Å². The second-order valence-electron chi connectivity index (χ2n) is 27.8. The Morgan fingerprint density at radius 3 is 1.32 bits per heavy atom. The number of thioether (sulfide) groups is 3. The zero-order valence-corrected chi connectivity index (χ0v) is 72.7. The van der Waals surface area contributed by atoms with E-state index < -0.39 is 117 Å². The number of nitrogens with one attached hydrogen (secondary N) is 5. The molecule has 2 unspecified atom stereocenters. The van der Waals surface area contributed by atoms with Crippen molar-refractivity contribution in [3.05, 3.63) is 281 Å². The number of hydrogen-bond donors (Lipinski definition) is 7. The molecular weight excluding hydrogens is 1830 g/mol. The highest BCUT2D eigenvalue weighted by atomic mass is 32.2. The molecule has 0 spiro atoms. The number of ether oxygens (including phenoxy) is 1. The minimum absolute atomic E-state index is 0.0651. The molecule has 6 amide bonds. The number of aliphatic hydroxyl groups excluding tert-OH is 1. The van der Waals surface area contributed by atoms with Crippen molar-refractivity contribution in [3.63, 3.8) is 0 Å². The molecule has 132 heavy (non-hydrogen) atoms. The number of aromatic amines is 1. The van der Waals surface area contributed by atoms with Crippen LogP contribution in [0.5, 0.6) is 5.75 Å². The molecule has 2 atom stereocenters. The molecule has 7 aromatic heterocycles. The Kier molecular flexibility index (Phi) is 37.3. The molecule has 47 heteroatoms. The van der Waals surface area contributed by atoms with E-state index in [1.54, 1.807) is 121 Å². The fourth-order valence-electron chi connectivity index (χ4n) is 12.4. The maximum absolute atomic E-state index is 13.6. The summed E-state index contributed by atoms with van der Waals surface area (Å²) < 4.78 is 216. The lowest BCUT2D eigenvalue weighted by molar-refractivity contribution is -0.159. The highest BCUT2D eigenvalue weighted by Gasteiger charge is 2.54. The van der Waals surface area contributed by atoms with Crippen LogP contribution in [0.4, 0.5) is 71.5 Å². The molecule has 704 valence electrons. The van der Waals surface area contributed by atoms with Gasteiger partial charge in [-0.25, -0.2) is 18.7 Å². The molecule has 12 aromatic rings. The Bertz CT molecular complexity index is 5660. The molecule has 5 aromatic carbocycles. The van der Waals surface area contributed by atoms with Gasteiger partial charge in [-0.3, -0.25) is 38.9 Å². The number of benzene rings is 5. The van der Waals surface area contributed by atoms with Crippen molar-refractivity contribution in [2.75, 3.05) is 102 Å². The Balaban J connectivity index is 0.000000179. The van der Waals surface area contributed by atoms with E-state index in [9.17, 15) is 94.6 Å². The van der Waals surface area contributed by atoms with Gasteiger partial charge in [-0.2, -0.15) is 132 Å². The second kappa shape index (κ2) is 48.0. The number of aliphatic hydroxyl groups is 1. The topological polar surface area (TPSA) is 354 Å². The van der Waals surface area contributed by atoms with Crippen molar-refractivity contribution < 1.29 is 113 Å². The molecule has 1 saturated heterocycles. The van der Waals surface area contributed by atoms with Crippen molar-refractivity contribution in [3.8, 4) is 28.5 Å². The fraction of sp³-hybridized carbons (Fsp3) is 0.294. The number of carbonyl (C=O) groups is 6. The maximum atomic E-state index is 13.6. The number of hydrazone groups is 1. The predicted octanol–water partition coefficient (Wildman–Crippen LogP) is 14.5. The van der Waals surface area contributed by atoms with Gasteiger partial charge in [0.25, 0.3) is 29.5 Å². The summed E-state index contributed by atoms with van der Waals surface area (Å²) in [6, 6.07) is 44.2. The Hall–Kier alpha value is -13.3. The molecule has 0 aliphatic carbocycles. The average Bonchev–Trinajstić information content (AvgIpc) is 1.65.